The fraction of sp³-hybridized carbons (Fsp3) is 0.167. The molecule has 0 aliphatic rings. The minimum absolute atomic E-state index is 0.00378. The quantitative estimate of drug-likeness (QED) is 0.446. The van der Waals surface area contributed by atoms with Crippen molar-refractivity contribution < 1.29 is 17.8 Å². The van der Waals surface area contributed by atoms with Crippen molar-refractivity contribution in [2.45, 2.75) is 17.0 Å². The van der Waals surface area contributed by atoms with Gasteiger partial charge in [0.2, 0.25) is 0 Å². The SMILES string of the molecule is Cc1ccc(S(=O)(=O)/C=C/CSc2nnc([N+](=O)[O-])o2)cc1. The Morgan fingerprint density at radius 2 is 2.00 bits per heavy atom. The van der Waals surface area contributed by atoms with Gasteiger partial charge in [-0.1, -0.05) is 35.5 Å². The average molecular weight is 341 g/mol. The molecule has 0 amide bonds. The summed E-state index contributed by atoms with van der Waals surface area (Å²) >= 11 is 1.00. The highest BCUT2D eigenvalue weighted by Gasteiger charge is 2.17. The molecule has 8 nitrogen and oxygen atoms in total. The molecule has 1 aromatic carbocycles. The summed E-state index contributed by atoms with van der Waals surface area (Å²) in [6, 6.07) is 5.80. The molecule has 22 heavy (non-hydrogen) atoms. The van der Waals surface area contributed by atoms with Gasteiger partial charge in [0, 0.05) is 21.2 Å². The van der Waals surface area contributed by atoms with Crippen LogP contribution in [-0.4, -0.2) is 29.3 Å². The lowest BCUT2D eigenvalue weighted by atomic mass is 10.2. The van der Waals surface area contributed by atoms with Gasteiger partial charge < -0.3 is 14.5 Å². The molecule has 0 spiro atoms. The summed E-state index contributed by atoms with van der Waals surface area (Å²) in [5, 5.41) is 18.1. The molecule has 0 atom stereocenters. The molecular weight excluding hydrogens is 330 g/mol. The molecule has 0 aliphatic heterocycles. The van der Waals surface area contributed by atoms with Crippen molar-refractivity contribution in [1.82, 2.24) is 10.2 Å². The number of hydrogen-bond acceptors (Lipinski definition) is 8. The van der Waals surface area contributed by atoms with Gasteiger partial charge in [-0.3, -0.25) is 0 Å². The summed E-state index contributed by atoms with van der Waals surface area (Å²) in [4.78, 5) is 9.77. The van der Waals surface area contributed by atoms with E-state index in [4.69, 9.17) is 4.42 Å². The summed E-state index contributed by atoms with van der Waals surface area (Å²) in [6.45, 7) is 1.87. The maximum atomic E-state index is 12.0. The zero-order valence-corrected chi connectivity index (χ0v) is 13.0. The first kappa shape index (κ1) is 16.2. The summed E-state index contributed by atoms with van der Waals surface area (Å²) in [5.74, 6) is 0.227. The number of hydrogen-bond donors (Lipinski definition) is 0. The maximum absolute atomic E-state index is 12.0. The van der Waals surface area contributed by atoms with Crippen LogP contribution in [0.25, 0.3) is 0 Å². The Kier molecular flexibility index (Phi) is 4.93. The van der Waals surface area contributed by atoms with Crippen LogP contribution in [0.4, 0.5) is 6.01 Å². The molecule has 0 saturated heterocycles. The van der Waals surface area contributed by atoms with Gasteiger partial charge in [-0.15, -0.1) is 0 Å². The van der Waals surface area contributed by atoms with Gasteiger partial charge in [0.25, 0.3) is 0 Å². The third-order valence-corrected chi connectivity index (χ3v) is 4.73. The van der Waals surface area contributed by atoms with Crippen molar-refractivity contribution >= 4 is 27.6 Å². The van der Waals surface area contributed by atoms with Gasteiger partial charge in [-0.2, -0.15) is 0 Å². The van der Waals surface area contributed by atoms with Gasteiger partial charge in [0.1, 0.15) is 5.10 Å². The van der Waals surface area contributed by atoms with E-state index in [0.29, 0.717) is 0 Å². The topological polar surface area (TPSA) is 116 Å². The molecule has 0 saturated carbocycles. The number of rotatable bonds is 6. The van der Waals surface area contributed by atoms with Crippen molar-refractivity contribution in [2.75, 3.05) is 5.75 Å². The number of nitro groups is 1. The lowest BCUT2D eigenvalue weighted by Crippen LogP contribution is -1.96. The minimum Gasteiger partial charge on any atom is -0.355 e. The Labute approximate surface area is 130 Å². The van der Waals surface area contributed by atoms with E-state index in [1.54, 1.807) is 12.1 Å². The first-order valence-electron chi connectivity index (χ1n) is 5.97. The van der Waals surface area contributed by atoms with Crippen LogP contribution in [0, 0.1) is 17.0 Å². The van der Waals surface area contributed by atoms with Crippen LogP contribution in [0.15, 0.2) is 50.3 Å². The van der Waals surface area contributed by atoms with E-state index in [1.165, 1.54) is 18.2 Å². The van der Waals surface area contributed by atoms with Gasteiger partial charge in [-0.05, 0) is 19.1 Å². The molecule has 116 valence electrons. The molecule has 0 radical (unpaired) electrons. The summed E-state index contributed by atoms with van der Waals surface area (Å²) in [5.41, 5.74) is 0.969. The number of sulfone groups is 1. The first-order valence-corrected chi connectivity index (χ1v) is 8.51. The molecule has 1 heterocycles. The molecule has 10 heteroatoms. The van der Waals surface area contributed by atoms with Crippen LogP contribution in [0.5, 0.6) is 0 Å². The average Bonchev–Trinajstić information content (AvgIpc) is 2.93. The molecule has 0 fully saturated rings. The standard InChI is InChI=1S/C12H11N3O5S2/c1-9-3-5-10(6-4-9)22(18,19)8-2-7-21-12-14-13-11(20-12)15(16)17/h2-6,8H,7H2,1H3/b8-2+. The number of nitrogens with zero attached hydrogens (tertiary/aromatic N) is 3. The molecule has 0 N–H and O–H groups in total. The van der Waals surface area contributed by atoms with Gasteiger partial charge in [0.05, 0.1) is 4.90 Å². The number of thioether (sulfide) groups is 1. The van der Waals surface area contributed by atoms with E-state index in [-0.39, 0.29) is 15.9 Å². The predicted molar refractivity (Wildman–Crippen MR) is 79.2 cm³/mol. The molecule has 0 bridgehead atoms. The predicted octanol–water partition coefficient (Wildman–Crippen LogP) is 2.37. The number of aryl methyl sites for hydroxylation is 1. The molecule has 0 aliphatic carbocycles. The highest BCUT2D eigenvalue weighted by molar-refractivity contribution is 7.99. The Morgan fingerprint density at radius 3 is 2.59 bits per heavy atom. The Hall–Kier alpha value is -2.20. The normalized spacial score (nSPS) is 11.9. The van der Waals surface area contributed by atoms with Gasteiger partial charge >= 0.3 is 11.2 Å². The maximum Gasteiger partial charge on any atom is 0.572 e. The van der Waals surface area contributed by atoms with Crippen molar-refractivity contribution in [3.8, 4) is 0 Å². The minimum atomic E-state index is -3.51. The second-order valence-electron chi connectivity index (χ2n) is 4.15. The molecular formula is C12H11N3O5S2. The summed E-state index contributed by atoms with van der Waals surface area (Å²) in [7, 11) is -3.51. The second kappa shape index (κ2) is 6.71. The third-order valence-electron chi connectivity index (χ3n) is 2.48. The van der Waals surface area contributed by atoms with E-state index < -0.39 is 20.8 Å². The Morgan fingerprint density at radius 1 is 1.32 bits per heavy atom. The van der Waals surface area contributed by atoms with Crippen LogP contribution in [0.3, 0.4) is 0 Å². The van der Waals surface area contributed by atoms with E-state index in [1.807, 2.05) is 6.92 Å². The fourth-order valence-corrected chi connectivity index (χ4v) is 3.14. The largest absolute Gasteiger partial charge is 0.572 e. The summed E-state index contributed by atoms with van der Waals surface area (Å²) in [6.07, 6.45) is 1.41. The van der Waals surface area contributed by atoms with Crippen LogP contribution in [0.2, 0.25) is 0 Å². The number of benzene rings is 1. The Bertz CT molecular complexity index is 796. The summed E-state index contributed by atoms with van der Waals surface area (Å²) < 4.78 is 28.8. The highest BCUT2D eigenvalue weighted by Crippen LogP contribution is 2.20. The molecule has 0 unspecified atom stereocenters. The monoisotopic (exact) mass is 341 g/mol. The smallest absolute Gasteiger partial charge is 0.355 e. The lowest BCUT2D eigenvalue weighted by molar-refractivity contribution is -0.408. The van der Waals surface area contributed by atoms with Crippen LogP contribution in [-0.2, 0) is 9.84 Å². The van der Waals surface area contributed by atoms with E-state index in [9.17, 15) is 18.5 Å². The number of aromatic nitrogens is 2. The Balaban J connectivity index is 1.96. The highest BCUT2D eigenvalue weighted by atomic mass is 32.2. The zero-order valence-electron chi connectivity index (χ0n) is 11.4. The molecule has 2 rings (SSSR count). The van der Waals surface area contributed by atoms with E-state index >= 15 is 0 Å². The van der Waals surface area contributed by atoms with E-state index in [0.717, 1.165) is 22.7 Å². The van der Waals surface area contributed by atoms with E-state index in [2.05, 4.69) is 10.2 Å². The van der Waals surface area contributed by atoms with Crippen LogP contribution >= 0.6 is 11.8 Å². The van der Waals surface area contributed by atoms with Gasteiger partial charge in [-0.25, -0.2) is 8.42 Å². The zero-order chi connectivity index (χ0) is 16.2. The van der Waals surface area contributed by atoms with Crippen LogP contribution in [0.1, 0.15) is 5.56 Å². The second-order valence-corrected chi connectivity index (χ2v) is 6.95. The van der Waals surface area contributed by atoms with Gasteiger partial charge in [0.15, 0.2) is 9.84 Å². The van der Waals surface area contributed by atoms with Crippen molar-refractivity contribution in [1.29, 1.82) is 0 Å². The third kappa shape index (κ3) is 4.15. The molecule has 1 aromatic heterocycles. The van der Waals surface area contributed by atoms with Crippen molar-refractivity contribution in [3.05, 3.63) is 51.4 Å². The lowest BCUT2D eigenvalue weighted by Gasteiger charge is -1.99. The molecule has 2 aromatic rings. The van der Waals surface area contributed by atoms with Crippen molar-refractivity contribution in [3.63, 3.8) is 0 Å². The fourth-order valence-electron chi connectivity index (χ4n) is 1.43. The first-order chi connectivity index (χ1) is 10.4. The van der Waals surface area contributed by atoms with Crippen LogP contribution < -0.4 is 0 Å². The van der Waals surface area contributed by atoms with Crippen molar-refractivity contribution in [2.24, 2.45) is 0 Å².